The van der Waals surface area contributed by atoms with Crippen molar-refractivity contribution in [1.82, 2.24) is 23.7 Å². The predicted octanol–water partition coefficient (Wildman–Crippen LogP) is 6.41. The molecule has 0 spiro atoms. The number of aliphatic carboxylic acids is 1. The third-order valence-corrected chi connectivity index (χ3v) is 16.4. The fourth-order valence-electron chi connectivity index (χ4n) is 9.53. The number of likely N-dealkylation sites (tertiary alicyclic amines) is 1. The number of carboxylic acids is 2. The number of urea groups is 1. The average Bonchev–Trinajstić information content (AvgIpc) is 3.73. The van der Waals surface area contributed by atoms with Crippen LogP contribution in [0.1, 0.15) is 78.7 Å². The highest BCUT2D eigenvalue weighted by Crippen LogP contribution is 2.46. The highest BCUT2D eigenvalue weighted by Gasteiger charge is 2.42. The molecule has 18 nitrogen and oxygen atoms in total. The van der Waals surface area contributed by atoms with E-state index in [4.69, 9.17) is 21.4 Å². The molecule has 3 aliphatic heterocycles. The topological polar surface area (TPSA) is 239 Å². The van der Waals surface area contributed by atoms with Gasteiger partial charge in [0.05, 0.1) is 28.2 Å². The number of benzene rings is 3. The van der Waals surface area contributed by atoms with Crippen molar-refractivity contribution in [3.8, 4) is 16.2 Å². The number of nitrogens with one attached hydrogen (secondary N) is 3. The zero-order valence-electron chi connectivity index (χ0n) is 37.2. The molecule has 3 aliphatic rings. The van der Waals surface area contributed by atoms with Crippen LogP contribution in [-0.2, 0) is 37.2 Å². The van der Waals surface area contributed by atoms with Gasteiger partial charge in [0.1, 0.15) is 17.2 Å². The van der Waals surface area contributed by atoms with E-state index in [-0.39, 0.29) is 59.9 Å². The summed E-state index contributed by atoms with van der Waals surface area (Å²) in [5, 5.41) is 27.3. The number of thiophene rings is 1. The van der Waals surface area contributed by atoms with Crippen LogP contribution in [0, 0.1) is 0 Å². The van der Waals surface area contributed by atoms with Crippen molar-refractivity contribution in [3.05, 3.63) is 98.2 Å². The highest BCUT2D eigenvalue weighted by atomic mass is 35.5. The van der Waals surface area contributed by atoms with Crippen molar-refractivity contribution >= 4 is 85.2 Å². The van der Waals surface area contributed by atoms with Gasteiger partial charge in [-0.15, -0.1) is 11.3 Å². The van der Waals surface area contributed by atoms with Gasteiger partial charge >= 0.3 is 23.7 Å². The first-order valence-corrected chi connectivity index (χ1v) is 24.6. The van der Waals surface area contributed by atoms with Crippen molar-refractivity contribution in [3.63, 3.8) is 0 Å². The molecule has 2 aromatic heterocycles. The normalized spacial score (nSPS) is 21.0. The third kappa shape index (κ3) is 9.83. The van der Waals surface area contributed by atoms with Crippen LogP contribution >= 0.6 is 22.9 Å². The lowest BCUT2D eigenvalue weighted by molar-refractivity contribution is -0.139. The summed E-state index contributed by atoms with van der Waals surface area (Å²) < 4.78 is 53.5. The number of aromatic carboxylic acids is 1. The number of imide groups is 1. The third-order valence-electron chi connectivity index (χ3n) is 12.7. The largest absolute Gasteiger partial charge is 0.479 e. The lowest BCUT2D eigenvalue weighted by atomic mass is 9.87. The first kappa shape index (κ1) is 48.2. The minimum absolute atomic E-state index is 0.0174. The Balaban J connectivity index is 0.870. The maximum absolute atomic E-state index is 15.9. The number of amides is 4. The molecule has 360 valence electrons. The van der Waals surface area contributed by atoms with E-state index in [2.05, 4.69) is 16.0 Å². The van der Waals surface area contributed by atoms with Crippen molar-refractivity contribution in [1.29, 1.82) is 0 Å². The van der Waals surface area contributed by atoms with Crippen LogP contribution in [0.15, 0.2) is 71.5 Å². The molecular formula is C46H49ClFN7O11S2. The molecule has 4 atom stereocenters. The summed E-state index contributed by atoms with van der Waals surface area (Å²) in [6.07, 6.45) is 0.0678. The van der Waals surface area contributed by atoms with Gasteiger partial charge in [-0.1, -0.05) is 41.9 Å². The van der Waals surface area contributed by atoms with Crippen LogP contribution in [0.2, 0.25) is 5.02 Å². The standard InChI is InChI=1S/C46H49ClFN7O11S2/c1-46(2)21-30(49-29-9-5-7-27(19-29)40-38(47)39(66-23-37(57)58)41(67-40)43(60)61)14-17-54(46)68(64,65)24-25-6-4-8-28(18-25)50-44(62)53-16-15-31(32(48)22-53)26-10-11-33-35(20-26)52(3)45(63)55(33)34-12-13-36(56)51-42(34)59/h4-11,18-20,30-32,34,49H,12-17,21-24H2,1-3H3,(H,50,62)(H,57,58)(H,60,61)(H,51,56,59)/t30-,31?,32?,34?/m0/s1. The van der Waals surface area contributed by atoms with E-state index in [1.165, 1.54) is 18.3 Å². The van der Waals surface area contributed by atoms with Crippen molar-refractivity contribution in [2.24, 2.45) is 7.05 Å². The maximum Gasteiger partial charge on any atom is 0.349 e. The molecular weight excluding hydrogens is 945 g/mol. The smallest absolute Gasteiger partial charge is 0.349 e. The molecule has 8 rings (SSSR count). The summed E-state index contributed by atoms with van der Waals surface area (Å²) in [7, 11) is -2.30. The molecule has 68 heavy (non-hydrogen) atoms. The van der Waals surface area contributed by atoms with Crippen LogP contribution in [0.4, 0.5) is 20.6 Å². The molecule has 0 bridgehead atoms. The molecule has 22 heteroatoms. The molecule has 3 unspecified atom stereocenters. The van der Waals surface area contributed by atoms with E-state index in [0.717, 1.165) is 11.3 Å². The molecule has 3 saturated heterocycles. The number of anilines is 2. The Kier molecular flexibility index (Phi) is 13.5. The number of carbonyl (C=O) groups is 5. The van der Waals surface area contributed by atoms with Gasteiger partial charge in [-0.25, -0.2) is 32.0 Å². The zero-order valence-corrected chi connectivity index (χ0v) is 39.6. The molecule has 5 aromatic rings. The Morgan fingerprint density at radius 2 is 1.72 bits per heavy atom. The number of sulfonamides is 1. The first-order chi connectivity index (χ1) is 32.2. The predicted molar refractivity (Wildman–Crippen MR) is 253 cm³/mol. The number of carbonyl (C=O) groups excluding carboxylic acids is 3. The summed E-state index contributed by atoms with van der Waals surface area (Å²) >= 11 is 7.38. The molecule has 0 aliphatic carbocycles. The Morgan fingerprint density at radius 3 is 2.43 bits per heavy atom. The number of hydrogen-bond donors (Lipinski definition) is 5. The fourth-order valence-corrected chi connectivity index (χ4v) is 12.9. The summed E-state index contributed by atoms with van der Waals surface area (Å²) in [5.41, 5.74) is 2.48. The number of nitrogens with zero attached hydrogens (tertiary/aromatic N) is 4. The lowest BCUT2D eigenvalue weighted by Crippen LogP contribution is -2.55. The lowest BCUT2D eigenvalue weighted by Gasteiger charge is -2.45. The average molecular weight is 995 g/mol. The molecule has 3 aromatic carbocycles. The van der Waals surface area contributed by atoms with Crippen molar-refractivity contribution < 1.29 is 51.7 Å². The summed E-state index contributed by atoms with van der Waals surface area (Å²) in [6.45, 7) is 3.19. The number of alkyl halides is 1. The highest BCUT2D eigenvalue weighted by molar-refractivity contribution is 7.88. The van der Waals surface area contributed by atoms with E-state index in [1.807, 2.05) is 19.9 Å². The monoisotopic (exact) mass is 993 g/mol. The second-order valence-corrected chi connectivity index (χ2v) is 21.2. The zero-order chi connectivity index (χ0) is 48.8. The van der Waals surface area contributed by atoms with Crippen LogP contribution in [-0.4, -0.2) is 111 Å². The number of aryl methyl sites for hydroxylation is 1. The minimum Gasteiger partial charge on any atom is -0.479 e. The number of imidazole rings is 1. The van der Waals surface area contributed by atoms with Gasteiger partial charge in [0, 0.05) is 55.4 Å². The van der Waals surface area contributed by atoms with Gasteiger partial charge in [-0.05, 0) is 92.6 Å². The van der Waals surface area contributed by atoms with Gasteiger partial charge in [-0.2, -0.15) is 4.31 Å². The van der Waals surface area contributed by atoms with Gasteiger partial charge in [-0.3, -0.25) is 24.0 Å². The molecule has 0 radical (unpaired) electrons. The minimum atomic E-state index is -3.87. The van der Waals surface area contributed by atoms with Gasteiger partial charge in [0.15, 0.2) is 17.2 Å². The Hall–Kier alpha value is -6.29. The maximum atomic E-state index is 15.9. The Bertz CT molecular complexity index is 3030. The number of fused-ring (bicyclic) bond motifs is 1. The fraction of sp³-hybridized carbons (Fsp3) is 0.391. The quantitative estimate of drug-likeness (QED) is 0.0806. The van der Waals surface area contributed by atoms with Gasteiger partial charge < -0.3 is 30.5 Å². The van der Waals surface area contributed by atoms with E-state index in [1.54, 1.807) is 67.7 Å². The summed E-state index contributed by atoms with van der Waals surface area (Å²) in [5.74, 6) is -4.66. The first-order valence-electron chi connectivity index (χ1n) is 21.8. The molecule has 3 fully saturated rings. The Labute approximate surface area is 398 Å². The molecule has 5 heterocycles. The van der Waals surface area contributed by atoms with Gasteiger partial charge in [0.25, 0.3) is 0 Å². The number of carboxylic acid groups (broad SMARTS) is 2. The van der Waals surface area contributed by atoms with Gasteiger partial charge in [0.2, 0.25) is 21.8 Å². The van der Waals surface area contributed by atoms with Crippen LogP contribution in [0.25, 0.3) is 21.5 Å². The van der Waals surface area contributed by atoms with E-state index < -0.39 is 75.8 Å². The number of rotatable bonds is 13. The number of halogens is 2. The molecule has 5 N–H and O–H groups in total. The van der Waals surface area contributed by atoms with Crippen LogP contribution in [0.3, 0.4) is 0 Å². The summed E-state index contributed by atoms with van der Waals surface area (Å²) in [4.78, 5) is 75.6. The number of aromatic nitrogens is 2. The SMILES string of the molecule is Cn1c(=O)n(C2CCC(=O)NC2=O)c2ccc(C3CCN(C(=O)Nc4cccc(CS(=O)(=O)N5CC[C@H](Nc6cccc(-c7sc(C(=O)O)c(OCC(=O)O)c7Cl)c6)CC5(C)C)c4)CC3F)cc21. The number of hydrogen-bond acceptors (Lipinski definition) is 11. The van der Waals surface area contributed by atoms with E-state index in [0.29, 0.717) is 63.2 Å². The second-order valence-electron chi connectivity index (χ2n) is 17.9. The second kappa shape index (κ2) is 19.0. The molecule has 4 amide bonds. The van der Waals surface area contributed by atoms with Crippen LogP contribution in [0.5, 0.6) is 5.75 Å². The summed E-state index contributed by atoms with van der Waals surface area (Å²) in [6, 6.07) is 17.3. The number of ether oxygens (including phenoxy) is 1. The van der Waals surface area contributed by atoms with E-state index in [9.17, 15) is 42.3 Å². The van der Waals surface area contributed by atoms with Crippen molar-refractivity contribution in [2.75, 3.05) is 36.9 Å². The van der Waals surface area contributed by atoms with E-state index >= 15 is 4.39 Å². The number of piperidine rings is 3. The Morgan fingerprint density at radius 1 is 0.971 bits per heavy atom. The van der Waals surface area contributed by atoms with Crippen LogP contribution < -0.4 is 26.4 Å². The molecule has 0 saturated carbocycles. The van der Waals surface area contributed by atoms with Crippen molar-refractivity contribution in [2.45, 2.75) is 81.4 Å².